The van der Waals surface area contributed by atoms with Gasteiger partial charge in [0.1, 0.15) is 0 Å². The quantitative estimate of drug-likeness (QED) is 0.843. The van der Waals surface area contributed by atoms with Crippen molar-refractivity contribution < 1.29 is 14.3 Å². The molecular formula is C12H10ClN3O3. The van der Waals surface area contributed by atoms with E-state index in [4.69, 9.17) is 11.6 Å². The highest BCUT2D eigenvalue weighted by atomic mass is 35.5. The van der Waals surface area contributed by atoms with E-state index >= 15 is 0 Å². The number of methoxy groups -OCH3 is 1. The van der Waals surface area contributed by atoms with Crippen molar-refractivity contribution in [2.75, 3.05) is 12.4 Å². The summed E-state index contributed by atoms with van der Waals surface area (Å²) < 4.78 is 4.56. The number of hydrogen-bond donors (Lipinski definition) is 2. The fourth-order valence-corrected chi connectivity index (χ4v) is 1.65. The molecule has 19 heavy (non-hydrogen) atoms. The molecule has 6 nitrogen and oxygen atoms in total. The molecule has 2 rings (SSSR count). The summed E-state index contributed by atoms with van der Waals surface area (Å²) in [5, 5.41) is 9.16. The predicted octanol–water partition coefficient (Wildman–Crippen LogP) is 2.10. The van der Waals surface area contributed by atoms with E-state index in [-0.39, 0.29) is 11.4 Å². The van der Waals surface area contributed by atoms with Crippen molar-refractivity contribution in [3.63, 3.8) is 0 Å². The number of rotatable bonds is 3. The lowest BCUT2D eigenvalue weighted by molar-refractivity contribution is 0.0595. The summed E-state index contributed by atoms with van der Waals surface area (Å²) in [4.78, 5) is 23.4. The minimum absolute atomic E-state index is 0.0814. The molecule has 0 radical (unpaired) electrons. The van der Waals surface area contributed by atoms with Gasteiger partial charge in [-0.25, -0.2) is 4.79 Å². The molecular weight excluding hydrogens is 270 g/mol. The first-order valence-corrected chi connectivity index (χ1v) is 5.68. The van der Waals surface area contributed by atoms with E-state index < -0.39 is 11.9 Å². The lowest BCUT2D eigenvalue weighted by Gasteiger charge is -2.05. The summed E-state index contributed by atoms with van der Waals surface area (Å²) in [6, 6.07) is 6.46. The highest BCUT2D eigenvalue weighted by Crippen LogP contribution is 2.16. The van der Waals surface area contributed by atoms with Crippen LogP contribution in [0.2, 0.25) is 5.02 Å². The summed E-state index contributed by atoms with van der Waals surface area (Å²) in [6.45, 7) is 0. The van der Waals surface area contributed by atoms with Gasteiger partial charge in [-0.3, -0.25) is 9.89 Å². The van der Waals surface area contributed by atoms with Crippen LogP contribution in [0.4, 0.5) is 5.69 Å². The maximum absolute atomic E-state index is 12.0. The number of amides is 1. The highest BCUT2D eigenvalue weighted by molar-refractivity contribution is 6.31. The van der Waals surface area contributed by atoms with Crippen molar-refractivity contribution in [2.24, 2.45) is 0 Å². The molecule has 0 saturated heterocycles. The van der Waals surface area contributed by atoms with Crippen molar-refractivity contribution >= 4 is 29.2 Å². The van der Waals surface area contributed by atoms with Crippen LogP contribution in [0.3, 0.4) is 0 Å². The molecule has 0 spiro atoms. The van der Waals surface area contributed by atoms with Crippen LogP contribution in [-0.2, 0) is 4.74 Å². The van der Waals surface area contributed by atoms with Gasteiger partial charge < -0.3 is 10.1 Å². The first kappa shape index (κ1) is 13.1. The molecule has 2 aromatic rings. The number of anilines is 1. The summed E-state index contributed by atoms with van der Waals surface area (Å²) in [6.07, 6.45) is 1.33. The summed E-state index contributed by atoms with van der Waals surface area (Å²) in [5.74, 6) is -1.01. The summed E-state index contributed by atoms with van der Waals surface area (Å²) in [7, 11) is 1.24. The van der Waals surface area contributed by atoms with E-state index in [9.17, 15) is 9.59 Å². The first-order chi connectivity index (χ1) is 9.11. The number of nitrogens with one attached hydrogen (secondary N) is 2. The number of aromatic amines is 1. The Morgan fingerprint density at radius 1 is 1.42 bits per heavy atom. The van der Waals surface area contributed by atoms with E-state index in [0.29, 0.717) is 10.6 Å². The average Bonchev–Trinajstić information content (AvgIpc) is 2.86. The third-order valence-corrected chi connectivity index (χ3v) is 2.60. The van der Waals surface area contributed by atoms with Gasteiger partial charge in [-0.15, -0.1) is 0 Å². The third-order valence-electron chi connectivity index (χ3n) is 2.36. The zero-order chi connectivity index (χ0) is 13.8. The van der Waals surface area contributed by atoms with Crippen LogP contribution in [-0.4, -0.2) is 29.2 Å². The van der Waals surface area contributed by atoms with Gasteiger partial charge in [-0.1, -0.05) is 17.7 Å². The molecule has 98 valence electrons. The van der Waals surface area contributed by atoms with Gasteiger partial charge in [-0.05, 0) is 18.2 Å². The summed E-state index contributed by atoms with van der Waals surface area (Å²) >= 11 is 5.80. The summed E-state index contributed by atoms with van der Waals surface area (Å²) in [5.41, 5.74) is 0.708. The smallest absolute Gasteiger partial charge is 0.358 e. The fourth-order valence-electron chi connectivity index (χ4n) is 1.46. The minimum atomic E-state index is -0.612. The lowest BCUT2D eigenvalue weighted by Crippen LogP contribution is -2.14. The Morgan fingerprint density at radius 2 is 2.21 bits per heavy atom. The number of halogens is 1. The molecule has 0 aliphatic carbocycles. The van der Waals surface area contributed by atoms with E-state index in [1.54, 1.807) is 18.2 Å². The number of carbonyl (C=O) groups excluding carboxylic acids is 2. The number of nitrogens with zero attached hydrogens (tertiary/aromatic N) is 1. The molecule has 0 unspecified atom stereocenters. The molecule has 1 amide bonds. The zero-order valence-electron chi connectivity index (χ0n) is 9.94. The molecule has 0 aliphatic rings. The van der Waals surface area contributed by atoms with Crippen LogP contribution < -0.4 is 5.32 Å². The van der Waals surface area contributed by atoms with Crippen molar-refractivity contribution in [1.82, 2.24) is 10.2 Å². The normalized spacial score (nSPS) is 10.0. The molecule has 0 aliphatic heterocycles. The molecule has 1 heterocycles. The Labute approximate surface area is 113 Å². The van der Waals surface area contributed by atoms with E-state index in [1.165, 1.54) is 19.4 Å². The van der Waals surface area contributed by atoms with Gasteiger partial charge in [0.25, 0.3) is 5.91 Å². The largest absolute Gasteiger partial charge is 0.464 e. The number of hydrogen-bond acceptors (Lipinski definition) is 4. The fraction of sp³-hybridized carbons (Fsp3) is 0.0833. The van der Waals surface area contributed by atoms with Crippen LogP contribution in [0, 0.1) is 0 Å². The Balaban J connectivity index is 2.20. The molecule has 0 bridgehead atoms. The third kappa shape index (κ3) is 2.92. The van der Waals surface area contributed by atoms with E-state index in [1.807, 2.05) is 0 Å². The highest BCUT2D eigenvalue weighted by Gasteiger charge is 2.16. The molecule has 1 aromatic heterocycles. The van der Waals surface area contributed by atoms with E-state index in [0.717, 1.165) is 0 Å². The Morgan fingerprint density at radius 3 is 2.89 bits per heavy atom. The average molecular weight is 280 g/mol. The van der Waals surface area contributed by atoms with Gasteiger partial charge in [-0.2, -0.15) is 5.10 Å². The standard InChI is InChI=1S/C12H10ClN3O3/c1-19-12(18)10-9(6-14-16-10)15-11(17)7-3-2-4-8(13)5-7/h2-6H,1H3,(H,14,16)(H,15,17). The number of ether oxygens (including phenoxy) is 1. The second-order valence-electron chi connectivity index (χ2n) is 3.61. The van der Waals surface area contributed by atoms with Crippen molar-refractivity contribution in [3.8, 4) is 0 Å². The second kappa shape index (κ2) is 5.53. The number of benzene rings is 1. The maximum Gasteiger partial charge on any atom is 0.358 e. The maximum atomic E-state index is 12.0. The van der Waals surface area contributed by atoms with Crippen LogP contribution in [0.5, 0.6) is 0 Å². The first-order valence-electron chi connectivity index (χ1n) is 5.30. The van der Waals surface area contributed by atoms with Crippen molar-refractivity contribution in [2.45, 2.75) is 0 Å². The Kier molecular flexibility index (Phi) is 3.82. The molecule has 0 saturated carbocycles. The Bertz CT molecular complexity index is 624. The van der Waals surface area contributed by atoms with Gasteiger partial charge in [0.2, 0.25) is 0 Å². The number of aromatic nitrogens is 2. The minimum Gasteiger partial charge on any atom is -0.464 e. The van der Waals surface area contributed by atoms with E-state index in [2.05, 4.69) is 20.3 Å². The van der Waals surface area contributed by atoms with Crippen LogP contribution in [0.1, 0.15) is 20.8 Å². The zero-order valence-corrected chi connectivity index (χ0v) is 10.7. The van der Waals surface area contributed by atoms with Crippen LogP contribution in [0.15, 0.2) is 30.5 Å². The molecule has 0 atom stereocenters. The second-order valence-corrected chi connectivity index (χ2v) is 4.05. The number of H-pyrrole nitrogens is 1. The van der Waals surface area contributed by atoms with Crippen molar-refractivity contribution in [1.29, 1.82) is 0 Å². The Hall–Kier alpha value is -2.34. The van der Waals surface area contributed by atoms with Crippen LogP contribution >= 0.6 is 11.6 Å². The van der Waals surface area contributed by atoms with Gasteiger partial charge in [0.05, 0.1) is 19.0 Å². The molecule has 7 heteroatoms. The van der Waals surface area contributed by atoms with Gasteiger partial charge >= 0.3 is 5.97 Å². The predicted molar refractivity (Wildman–Crippen MR) is 69.3 cm³/mol. The van der Waals surface area contributed by atoms with Crippen molar-refractivity contribution in [3.05, 3.63) is 46.7 Å². The molecule has 1 aromatic carbocycles. The molecule has 0 fully saturated rings. The lowest BCUT2D eigenvalue weighted by atomic mass is 10.2. The number of carbonyl (C=O) groups is 2. The topological polar surface area (TPSA) is 84.1 Å². The van der Waals surface area contributed by atoms with Crippen LogP contribution in [0.25, 0.3) is 0 Å². The monoisotopic (exact) mass is 279 g/mol. The van der Waals surface area contributed by atoms with Gasteiger partial charge in [0, 0.05) is 10.6 Å². The number of esters is 1. The SMILES string of the molecule is COC(=O)c1[nH]ncc1NC(=O)c1cccc(Cl)c1. The van der Waals surface area contributed by atoms with Gasteiger partial charge in [0.15, 0.2) is 5.69 Å². The molecule has 2 N–H and O–H groups in total.